The summed E-state index contributed by atoms with van der Waals surface area (Å²) in [6, 6.07) is 10.3. The molecule has 86 valence electrons. The summed E-state index contributed by atoms with van der Waals surface area (Å²) in [5.74, 6) is 0.966. The van der Waals surface area contributed by atoms with E-state index in [1.54, 1.807) is 6.20 Å². The second-order valence-electron chi connectivity index (χ2n) is 4.24. The van der Waals surface area contributed by atoms with Gasteiger partial charge in [-0.25, -0.2) is 0 Å². The van der Waals surface area contributed by atoms with Gasteiger partial charge in [-0.15, -0.1) is 0 Å². The van der Waals surface area contributed by atoms with Crippen molar-refractivity contribution < 1.29 is 4.74 Å². The predicted octanol–water partition coefficient (Wildman–Crippen LogP) is 2.01. The summed E-state index contributed by atoms with van der Waals surface area (Å²) < 4.78 is 5.71. The number of hydrogen-bond donors (Lipinski definition) is 1. The van der Waals surface area contributed by atoms with Crippen LogP contribution in [0.2, 0.25) is 0 Å². The molecule has 0 saturated heterocycles. The molecule has 1 aliphatic rings. The molecule has 1 aliphatic heterocycles. The lowest BCUT2D eigenvalue weighted by molar-refractivity contribution is 0.241. The molecular formula is C14H14N2O. The molecule has 0 amide bonds. The fourth-order valence-corrected chi connectivity index (χ4v) is 2.16. The Balaban J connectivity index is 1.96. The predicted molar refractivity (Wildman–Crippen MR) is 66.8 cm³/mol. The van der Waals surface area contributed by atoms with Gasteiger partial charge in [0.2, 0.25) is 0 Å². The molecule has 1 atom stereocenters. The van der Waals surface area contributed by atoms with Gasteiger partial charge in [0.25, 0.3) is 0 Å². The number of nitrogens with two attached hydrogens (primary N) is 1. The number of aromatic nitrogens is 1. The smallest absolute Gasteiger partial charge is 0.123 e. The second-order valence-corrected chi connectivity index (χ2v) is 4.24. The van der Waals surface area contributed by atoms with Crippen molar-refractivity contribution in [1.82, 2.24) is 4.98 Å². The van der Waals surface area contributed by atoms with Crippen LogP contribution in [0.25, 0.3) is 11.1 Å². The molecule has 17 heavy (non-hydrogen) atoms. The number of benzene rings is 1. The van der Waals surface area contributed by atoms with Crippen LogP contribution in [0.3, 0.4) is 0 Å². The molecule has 2 aromatic rings. The number of rotatable bonds is 2. The summed E-state index contributed by atoms with van der Waals surface area (Å²) in [6.45, 7) is 0.566. The van der Waals surface area contributed by atoms with Crippen LogP contribution in [0.15, 0.2) is 42.7 Å². The zero-order valence-corrected chi connectivity index (χ0v) is 9.47. The van der Waals surface area contributed by atoms with Crippen molar-refractivity contribution in [3.05, 3.63) is 48.3 Å². The highest BCUT2D eigenvalue weighted by molar-refractivity contribution is 5.65. The Labute approximate surface area is 100 Å². The zero-order chi connectivity index (χ0) is 11.7. The van der Waals surface area contributed by atoms with Crippen LogP contribution in [0.5, 0.6) is 5.75 Å². The third-order valence-electron chi connectivity index (χ3n) is 3.06. The summed E-state index contributed by atoms with van der Waals surface area (Å²) >= 11 is 0. The Bertz CT molecular complexity index is 525. The van der Waals surface area contributed by atoms with Gasteiger partial charge >= 0.3 is 0 Å². The van der Waals surface area contributed by atoms with Gasteiger partial charge in [-0.1, -0.05) is 12.1 Å². The van der Waals surface area contributed by atoms with Gasteiger partial charge in [0.05, 0.1) is 0 Å². The fraction of sp³-hybridized carbons (Fsp3) is 0.214. The first-order chi connectivity index (χ1) is 8.36. The summed E-state index contributed by atoms with van der Waals surface area (Å²) in [7, 11) is 0. The Morgan fingerprint density at radius 2 is 2.24 bits per heavy atom. The molecule has 0 saturated carbocycles. The average Bonchev–Trinajstić information content (AvgIpc) is 2.81. The van der Waals surface area contributed by atoms with Crippen molar-refractivity contribution in [3.63, 3.8) is 0 Å². The molecule has 1 unspecified atom stereocenters. The Morgan fingerprint density at radius 3 is 3.00 bits per heavy atom. The third-order valence-corrected chi connectivity index (χ3v) is 3.06. The van der Waals surface area contributed by atoms with Gasteiger partial charge in [0.1, 0.15) is 11.9 Å². The van der Waals surface area contributed by atoms with E-state index in [2.05, 4.69) is 23.2 Å². The quantitative estimate of drug-likeness (QED) is 0.852. The van der Waals surface area contributed by atoms with E-state index >= 15 is 0 Å². The van der Waals surface area contributed by atoms with E-state index in [4.69, 9.17) is 10.5 Å². The van der Waals surface area contributed by atoms with E-state index in [1.807, 2.05) is 18.3 Å². The fourth-order valence-electron chi connectivity index (χ4n) is 2.16. The monoisotopic (exact) mass is 226 g/mol. The summed E-state index contributed by atoms with van der Waals surface area (Å²) in [5.41, 5.74) is 9.17. The Kier molecular flexibility index (Phi) is 2.53. The van der Waals surface area contributed by atoms with Crippen molar-refractivity contribution >= 4 is 0 Å². The maximum Gasteiger partial charge on any atom is 0.123 e. The van der Waals surface area contributed by atoms with Crippen molar-refractivity contribution in [1.29, 1.82) is 0 Å². The molecule has 0 radical (unpaired) electrons. The Hall–Kier alpha value is -1.87. The summed E-state index contributed by atoms with van der Waals surface area (Å²) in [5, 5.41) is 0. The molecule has 2 heterocycles. The van der Waals surface area contributed by atoms with Crippen molar-refractivity contribution in [2.45, 2.75) is 12.5 Å². The first-order valence-electron chi connectivity index (χ1n) is 5.77. The highest BCUT2D eigenvalue weighted by atomic mass is 16.5. The molecule has 3 heteroatoms. The highest BCUT2D eigenvalue weighted by Gasteiger charge is 2.21. The first kappa shape index (κ1) is 10.3. The van der Waals surface area contributed by atoms with E-state index in [-0.39, 0.29) is 6.10 Å². The minimum atomic E-state index is 0.133. The maximum atomic E-state index is 5.71. The van der Waals surface area contributed by atoms with Crippen LogP contribution in [0.1, 0.15) is 5.56 Å². The summed E-state index contributed by atoms with van der Waals surface area (Å²) in [6.07, 6.45) is 4.69. The lowest BCUT2D eigenvalue weighted by Gasteiger charge is -2.06. The molecule has 0 spiro atoms. The van der Waals surface area contributed by atoms with Crippen LogP contribution in [-0.4, -0.2) is 17.6 Å². The minimum Gasteiger partial charge on any atom is -0.488 e. The van der Waals surface area contributed by atoms with Crippen LogP contribution in [0.4, 0.5) is 0 Å². The maximum absolute atomic E-state index is 5.71. The van der Waals surface area contributed by atoms with Crippen LogP contribution >= 0.6 is 0 Å². The molecule has 3 rings (SSSR count). The number of pyridine rings is 1. The van der Waals surface area contributed by atoms with Gasteiger partial charge in [-0.05, 0) is 29.3 Å². The van der Waals surface area contributed by atoms with E-state index in [0.717, 1.165) is 17.7 Å². The molecular weight excluding hydrogens is 212 g/mol. The van der Waals surface area contributed by atoms with Crippen molar-refractivity contribution in [2.24, 2.45) is 5.73 Å². The zero-order valence-electron chi connectivity index (χ0n) is 9.47. The highest BCUT2D eigenvalue weighted by Crippen LogP contribution is 2.32. The van der Waals surface area contributed by atoms with Crippen LogP contribution in [-0.2, 0) is 6.42 Å². The van der Waals surface area contributed by atoms with Gasteiger partial charge in [0.15, 0.2) is 0 Å². The SMILES string of the molecule is NCC1Cc2cc(-c3cccnc3)ccc2O1. The van der Waals surface area contributed by atoms with E-state index in [1.165, 1.54) is 11.1 Å². The third kappa shape index (κ3) is 1.89. The van der Waals surface area contributed by atoms with Crippen LogP contribution < -0.4 is 10.5 Å². The molecule has 0 aliphatic carbocycles. The molecule has 0 bridgehead atoms. The molecule has 3 nitrogen and oxygen atoms in total. The van der Waals surface area contributed by atoms with Gasteiger partial charge in [-0.3, -0.25) is 4.98 Å². The van der Waals surface area contributed by atoms with E-state index < -0.39 is 0 Å². The lowest BCUT2D eigenvalue weighted by Crippen LogP contribution is -2.24. The van der Waals surface area contributed by atoms with E-state index in [0.29, 0.717) is 6.54 Å². The standard InChI is InChI=1S/C14H14N2O/c15-8-13-7-12-6-10(3-4-14(12)17-13)11-2-1-5-16-9-11/h1-6,9,13H,7-8,15H2. The largest absolute Gasteiger partial charge is 0.488 e. The first-order valence-corrected chi connectivity index (χ1v) is 5.77. The van der Waals surface area contributed by atoms with Crippen molar-refractivity contribution in [3.8, 4) is 16.9 Å². The number of nitrogens with zero attached hydrogens (tertiary/aromatic N) is 1. The molecule has 1 aromatic carbocycles. The van der Waals surface area contributed by atoms with Crippen molar-refractivity contribution in [2.75, 3.05) is 6.54 Å². The normalized spacial score (nSPS) is 17.6. The minimum absolute atomic E-state index is 0.133. The second kappa shape index (κ2) is 4.18. The topological polar surface area (TPSA) is 48.1 Å². The lowest BCUT2D eigenvalue weighted by atomic mass is 10.0. The molecule has 1 aromatic heterocycles. The number of fused-ring (bicyclic) bond motifs is 1. The average molecular weight is 226 g/mol. The molecule has 2 N–H and O–H groups in total. The number of hydrogen-bond acceptors (Lipinski definition) is 3. The Morgan fingerprint density at radius 1 is 1.29 bits per heavy atom. The summed E-state index contributed by atoms with van der Waals surface area (Å²) in [4.78, 5) is 4.13. The van der Waals surface area contributed by atoms with Gasteiger partial charge in [-0.2, -0.15) is 0 Å². The molecule has 0 fully saturated rings. The van der Waals surface area contributed by atoms with E-state index in [9.17, 15) is 0 Å². The van der Waals surface area contributed by atoms with Gasteiger partial charge in [0, 0.05) is 30.9 Å². The van der Waals surface area contributed by atoms with Gasteiger partial charge < -0.3 is 10.5 Å². The number of ether oxygens (including phenoxy) is 1. The van der Waals surface area contributed by atoms with Crippen LogP contribution in [0, 0.1) is 0 Å².